The number of ether oxygens (including phenoxy) is 3. The zero-order valence-electron chi connectivity index (χ0n) is 35.1. The Morgan fingerprint density at radius 3 is 1.56 bits per heavy atom. The molecule has 0 aliphatic carbocycles. The van der Waals surface area contributed by atoms with Gasteiger partial charge in [-0.15, -0.1) is 0 Å². The van der Waals surface area contributed by atoms with Crippen molar-refractivity contribution in [2.45, 2.75) is 127 Å². The predicted octanol–water partition coefficient (Wildman–Crippen LogP) is 4.02. The second-order valence-corrected chi connectivity index (χ2v) is 15.6. The Morgan fingerprint density at radius 1 is 0.762 bits per heavy atom. The second-order valence-electron chi connectivity index (χ2n) is 15.6. The number of nitrogen functional groups attached to an aromatic ring is 2. The van der Waals surface area contributed by atoms with E-state index in [1.807, 2.05) is 0 Å². The van der Waals surface area contributed by atoms with Gasteiger partial charge in [0.2, 0.25) is 17.6 Å². The van der Waals surface area contributed by atoms with Crippen LogP contribution in [0.3, 0.4) is 0 Å². The molecule has 25 nitrogen and oxygen atoms in total. The molecular weight excluding hydrogens is 845 g/mol. The van der Waals surface area contributed by atoms with Crippen LogP contribution in [0.15, 0.2) is 61.7 Å². The maximum absolute atomic E-state index is 14.8. The first-order chi connectivity index (χ1) is 29.3. The average Bonchev–Trinajstić information content (AvgIpc) is 3.65. The van der Waals surface area contributed by atoms with E-state index in [1.54, 1.807) is 41.5 Å². The Kier molecular flexibility index (Phi) is 14.3. The van der Waals surface area contributed by atoms with Crippen LogP contribution in [0.5, 0.6) is 0 Å². The molecule has 6 rings (SSSR count). The van der Waals surface area contributed by atoms with Gasteiger partial charge in [0.25, 0.3) is 5.85 Å². The lowest BCUT2D eigenvalue weighted by Gasteiger charge is -2.35. The number of amides is 1. The van der Waals surface area contributed by atoms with E-state index in [4.69, 9.17) is 47.4 Å². The Balaban J connectivity index is 0.000000207. The number of hydrogen-bond donors (Lipinski definition) is 4. The van der Waals surface area contributed by atoms with Gasteiger partial charge in [-0.2, -0.15) is 9.97 Å². The number of ketones is 1. The minimum Gasteiger partial charge on any atom is -0.390 e. The average molecular weight is 893 g/mol. The van der Waals surface area contributed by atoms with Crippen molar-refractivity contribution in [3.8, 4) is 0 Å². The summed E-state index contributed by atoms with van der Waals surface area (Å²) in [4.78, 5) is 63.3. The van der Waals surface area contributed by atoms with Gasteiger partial charge in [0, 0.05) is 58.0 Å². The molecule has 0 saturated carbocycles. The highest BCUT2D eigenvalue weighted by molar-refractivity contribution is 6.06. The first kappa shape index (κ1) is 49.4. The molecular formula is C35H47F3N16O9. The Labute approximate surface area is 355 Å². The number of nitrogens with zero attached hydrogens (tertiary/aromatic N) is 14. The van der Waals surface area contributed by atoms with Crippen LogP contribution in [0, 0.1) is 11.8 Å². The fourth-order valence-corrected chi connectivity index (χ4v) is 7.60. The number of nitrogens with two attached hydrogens (primary N) is 2. The summed E-state index contributed by atoms with van der Waals surface area (Å²) in [7, 11) is 0. The van der Waals surface area contributed by atoms with E-state index < -0.39 is 94.7 Å². The lowest BCUT2D eigenvalue weighted by molar-refractivity contribution is -0.207. The Morgan fingerprint density at radius 2 is 1.16 bits per heavy atom. The lowest BCUT2D eigenvalue weighted by atomic mass is 9.82. The largest absolute Gasteiger partial charge is 0.390 e. The summed E-state index contributed by atoms with van der Waals surface area (Å²) in [6.45, 7) is 9.54. The molecule has 2 aromatic rings. The van der Waals surface area contributed by atoms with Crippen LogP contribution in [0.2, 0.25) is 0 Å². The van der Waals surface area contributed by atoms with Crippen molar-refractivity contribution in [2.75, 3.05) is 18.1 Å². The van der Waals surface area contributed by atoms with Crippen LogP contribution in [0.4, 0.5) is 24.8 Å². The number of rotatable bonds is 9. The molecule has 0 aromatic carbocycles. The molecule has 4 aliphatic heterocycles. The van der Waals surface area contributed by atoms with Gasteiger partial charge in [-0.05, 0) is 55.6 Å². The van der Waals surface area contributed by atoms with Gasteiger partial charge in [-0.3, -0.25) is 23.6 Å². The summed E-state index contributed by atoms with van der Waals surface area (Å²) >= 11 is 0. The number of aliphatic hydroxyl groups is 2. The maximum Gasteiger partial charge on any atom is 0.351 e. The smallest absolute Gasteiger partial charge is 0.351 e. The molecule has 6 N–H and O–H groups in total. The Hall–Kier alpha value is -6.24. The number of aromatic nitrogens is 4. The first-order valence-electron chi connectivity index (χ1n) is 19.1. The fourth-order valence-electron chi connectivity index (χ4n) is 7.60. The molecule has 1 amide bonds. The molecule has 28 heteroatoms. The number of anilines is 2. The third-order valence-corrected chi connectivity index (χ3v) is 11.9. The molecule has 342 valence electrons. The summed E-state index contributed by atoms with van der Waals surface area (Å²) in [6.07, 6.45) is -0.813. The second kappa shape index (κ2) is 18.2. The van der Waals surface area contributed by atoms with E-state index in [0.717, 1.165) is 20.2 Å². The zero-order valence-corrected chi connectivity index (χ0v) is 35.1. The molecule has 0 radical (unpaired) electrons. The van der Waals surface area contributed by atoms with Crippen LogP contribution >= 0.6 is 0 Å². The molecule has 2 aromatic heterocycles. The summed E-state index contributed by atoms with van der Waals surface area (Å²) < 4.78 is 61.7. The SMILES string of the molecule is CC[C@@]1(F)O[C@@H](N2C=CC(=O)CC2=O)[C@](C)(N=[N+]=[N-])[C@@H]1C.CC[C@@]1(F)O[C@@H](n2ccc(N)nc2=O)[C@](C)(N=[N+]=[N-])[C@@H]1C.C[C@]1(N=[N+]=[N-])[C@H](n2ccc(N)nc2=O)O[C@](F)(CO)[C@H]1O. The van der Waals surface area contributed by atoms with Crippen molar-refractivity contribution in [3.05, 3.63) is 89.1 Å². The molecule has 6 heterocycles. The Bertz CT molecular complexity index is 2280. The molecule has 0 bridgehead atoms. The molecule has 3 saturated heterocycles. The van der Waals surface area contributed by atoms with E-state index >= 15 is 0 Å². The van der Waals surface area contributed by atoms with E-state index in [1.165, 1.54) is 37.5 Å². The van der Waals surface area contributed by atoms with Crippen molar-refractivity contribution in [1.29, 1.82) is 0 Å². The third kappa shape index (κ3) is 8.87. The fraction of sp³-hybridized carbons (Fsp3) is 0.657. The number of allylic oxidation sites excluding steroid dienone is 1. The van der Waals surface area contributed by atoms with Crippen LogP contribution in [-0.2, 0) is 23.8 Å². The highest BCUT2D eigenvalue weighted by atomic mass is 19.2. The van der Waals surface area contributed by atoms with Crippen molar-refractivity contribution in [1.82, 2.24) is 24.0 Å². The van der Waals surface area contributed by atoms with Gasteiger partial charge in [0.1, 0.15) is 29.9 Å². The standard InChI is InChI=1S/C13H17FN4O3.C12H17FN6O2.C10H13FN6O4/c1-4-13(14)8(2)12(3,16-17-15)11(21-13)18-6-5-9(19)7-10(18)20;1-4-12(13)7(2)11(3,17-18-15)9(21-12)19-6-5-8(14)16-10(19)20;1-9(15-16-13)6(19)10(11,4-18)21-7(9)17-3-2-5(12)14-8(17)20/h5-6,8,11H,4,7H2,1-3H3;5-7,9H,4H2,1-3H3,(H2,14,16,20);2-3,6-7,18-19H,4H2,1H3,(H2,12,14,20)/t8-,11+,12+,13+;7-,9+,11+,12+;6-,7+,9+,10+/m000/s1. The minimum atomic E-state index is -2.88. The van der Waals surface area contributed by atoms with Crippen LogP contribution < -0.4 is 22.8 Å². The van der Waals surface area contributed by atoms with Gasteiger partial charge < -0.3 is 35.9 Å². The van der Waals surface area contributed by atoms with E-state index in [0.29, 0.717) is 0 Å². The lowest BCUT2D eigenvalue weighted by Crippen LogP contribution is -2.50. The molecule has 3 fully saturated rings. The van der Waals surface area contributed by atoms with Gasteiger partial charge in [-0.25, -0.2) is 22.8 Å². The number of carbonyl (C=O) groups is 2. The van der Waals surface area contributed by atoms with Crippen molar-refractivity contribution in [2.24, 2.45) is 27.2 Å². The number of azide groups is 3. The van der Waals surface area contributed by atoms with Crippen molar-refractivity contribution < 1.29 is 47.2 Å². The van der Waals surface area contributed by atoms with Gasteiger partial charge in [0.05, 0.1) is 17.5 Å². The first-order valence-corrected chi connectivity index (χ1v) is 19.1. The van der Waals surface area contributed by atoms with Gasteiger partial charge in [-0.1, -0.05) is 43.0 Å². The van der Waals surface area contributed by atoms with Crippen LogP contribution in [0.1, 0.15) is 80.2 Å². The number of halogens is 3. The van der Waals surface area contributed by atoms with Crippen molar-refractivity contribution in [3.63, 3.8) is 0 Å². The molecule has 0 unspecified atom stereocenters. The van der Waals surface area contributed by atoms with Gasteiger partial charge in [0.15, 0.2) is 24.5 Å². The molecule has 12 atom stereocenters. The zero-order chi connectivity index (χ0) is 47.5. The predicted molar refractivity (Wildman–Crippen MR) is 213 cm³/mol. The maximum atomic E-state index is 14.8. The summed E-state index contributed by atoms with van der Waals surface area (Å²) in [5.74, 6) is -9.18. The van der Waals surface area contributed by atoms with Crippen LogP contribution in [-0.4, -0.2) is 99.0 Å². The van der Waals surface area contributed by atoms with Crippen molar-refractivity contribution >= 4 is 23.3 Å². The summed E-state index contributed by atoms with van der Waals surface area (Å²) in [6, 6.07) is 2.65. The van der Waals surface area contributed by atoms with E-state index in [9.17, 15) is 37.5 Å². The quantitative estimate of drug-likeness (QED) is 0.120. The highest BCUT2D eigenvalue weighted by Crippen LogP contribution is 2.53. The topological polar surface area (TPSA) is 374 Å². The summed E-state index contributed by atoms with van der Waals surface area (Å²) in [5.41, 5.74) is 31.0. The number of aliphatic hydroxyl groups excluding tert-OH is 2. The number of hydrogen-bond acceptors (Lipinski definition) is 16. The van der Waals surface area contributed by atoms with Crippen LogP contribution in [0.25, 0.3) is 31.3 Å². The minimum absolute atomic E-state index is 0.0507. The van der Waals surface area contributed by atoms with E-state index in [-0.39, 0.29) is 36.7 Å². The normalized spacial score (nSPS) is 36.8. The highest BCUT2D eigenvalue weighted by Gasteiger charge is 2.64. The number of carbonyl (C=O) groups excluding carboxylic acids is 2. The monoisotopic (exact) mass is 892 g/mol. The molecule has 0 spiro atoms. The third-order valence-electron chi connectivity index (χ3n) is 11.9. The van der Waals surface area contributed by atoms with Gasteiger partial charge >= 0.3 is 11.4 Å². The molecule has 4 aliphatic rings. The number of alkyl halides is 3. The van der Waals surface area contributed by atoms with E-state index in [2.05, 4.69) is 40.0 Å². The molecule has 63 heavy (non-hydrogen) atoms. The summed E-state index contributed by atoms with van der Waals surface area (Å²) in [5, 5.41) is 29.8.